The van der Waals surface area contributed by atoms with Gasteiger partial charge in [-0.15, -0.1) is 0 Å². The topological polar surface area (TPSA) is 17.0 Å². The number of hydrogen-bond donors (Lipinski definition) is 1. The van der Waals surface area contributed by atoms with Gasteiger partial charge < -0.3 is 9.88 Å². The van der Waals surface area contributed by atoms with Gasteiger partial charge in [-0.05, 0) is 52.1 Å². The number of rotatable bonds is 3. The smallest absolute Gasteiger partial charge is 0.0486 e. The lowest BCUT2D eigenvalue weighted by Crippen LogP contribution is -2.17. The number of hydrogen-bond acceptors (Lipinski definition) is 1. The van der Waals surface area contributed by atoms with E-state index in [0.29, 0.717) is 12.1 Å². The molecule has 1 heterocycles. The van der Waals surface area contributed by atoms with Gasteiger partial charge in [-0.25, -0.2) is 0 Å². The van der Waals surface area contributed by atoms with Crippen molar-refractivity contribution in [3.05, 3.63) is 35.0 Å². The molecule has 2 rings (SSSR count). The first kappa shape index (κ1) is 12.5. The Morgan fingerprint density at radius 3 is 2.47 bits per heavy atom. The second kappa shape index (κ2) is 4.71. The Morgan fingerprint density at radius 1 is 1.18 bits per heavy atom. The predicted octanol–water partition coefficient (Wildman–Crippen LogP) is 4.16. The molecule has 1 unspecified atom stereocenters. The maximum atomic E-state index is 6.05. The first-order valence-corrected chi connectivity index (χ1v) is 6.40. The summed E-state index contributed by atoms with van der Waals surface area (Å²) in [4.78, 5) is 0. The van der Waals surface area contributed by atoms with Crippen molar-refractivity contribution >= 4 is 22.5 Å². The molecule has 2 nitrogen and oxygen atoms in total. The Balaban J connectivity index is 2.70. The van der Waals surface area contributed by atoms with Crippen molar-refractivity contribution in [1.82, 2.24) is 9.88 Å². The van der Waals surface area contributed by atoms with Gasteiger partial charge in [0.25, 0.3) is 0 Å². The Labute approximate surface area is 108 Å². The molecule has 17 heavy (non-hydrogen) atoms. The molecule has 3 heteroatoms. The molecule has 0 aliphatic rings. The highest BCUT2D eigenvalue weighted by molar-refractivity contribution is 6.31. The molecule has 2 aromatic rings. The molecular formula is C14H19ClN2. The fourth-order valence-corrected chi connectivity index (χ4v) is 2.47. The molecule has 0 spiro atoms. The highest BCUT2D eigenvalue weighted by atomic mass is 35.5. The van der Waals surface area contributed by atoms with Crippen LogP contribution in [0.25, 0.3) is 10.9 Å². The second-order valence-electron chi connectivity index (χ2n) is 4.75. The van der Waals surface area contributed by atoms with Gasteiger partial charge in [0.05, 0.1) is 0 Å². The average molecular weight is 251 g/mol. The van der Waals surface area contributed by atoms with Gasteiger partial charge in [-0.2, -0.15) is 0 Å². The summed E-state index contributed by atoms with van der Waals surface area (Å²) in [5.74, 6) is 0. The molecular weight excluding hydrogens is 232 g/mol. The lowest BCUT2D eigenvalue weighted by atomic mass is 10.2. The standard InChI is InChI=1S/C14H19ClN2/c1-9(2)17-13-6-5-12(15)7-11(13)8-14(17)10(3)16-4/h5-10,16H,1-4H3. The Kier molecular flexibility index (Phi) is 3.45. The lowest BCUT2D eigenvalue weighted by molar-refractivity contribution is 0.535. The van der Waals surface area contributed by atoms with Gasteiger partial charge in [-0.1, -0.05) is 11.6 Å². The van der Waals surface area contributed by atoms with Crippen LogP contribution >= 0.6 is 11.6 Å². The van der Waals surface area contributed by atoms with E-state index in [-0.39, 0.29) is 0 Å². The van der Waals surface area contributed by atoms with E-state index in [0.717, 1.165) is 5.02 Å². The van der Waals surface area contributed by atoms with Crippen LogP contribution in [0.4, 0.5) is 0 Å². The van der Waals surface area contributed by atoms with Crippen LogP contribution < -0.4 is 5.32 Å². The van der Waals surface area contributed by atoms with Crippen LogP contribution in [-0.4, -0.2) is 11.6 Å². The summed E-state index contributed by atoms with van der Waals surface area (Å²) in [6.45, 7) is 6.59. The van der Waals surface area contributed by atoms with E-state index in [4.69, 9.17) is 11.6 Å². The molecule has 0 amide bonds. The van der Waals surface area contributed by atoms with Gasteiger partial charge in [0, 0.05) is 33.7 Å². The molecule has 0 radical (unpaired) electrons. The largest absolute Gasteiger partial charge is 0.341 e. The van der Waals surface area contributed by atoms with Gasteiger partial charge in [0.2, 0.25) is 0 Å². The zero-order valence-corrected chi connectivity index (χ0v) is 11.5. The van der Waals surface area contributed by atoms with Crippen LogP contribution in [0, 0.1) is 0 Å². The average Bonchev–Trinajstić information content (AvgIpc) is 2.66. The van der Waals surface area contributed by atoms with Crippen LogP contribution in [0.3, 0.4) is 0 Å². The molecule has 92 valence electrons. The minimum absolute atomic E-state index is 0.337. The van der Waals surface area contributed by atoms with Crippen molar-refractivity contribution in [2.24, 2.45) is 0 Å². The zero-order chi connectivity index (χ0) is 12.6. The van der Waals surface area contributed by atoms with Gasteiger partial charge in [0.1, 0.15) is 0 Å². The summed E-state index contributed by atoms with van der Waals surface area (Å²) in [7, 11) is 1.99. The van der Waals surface area contributed by atoms with Crippen molar-refractivity contribution in [3.8, 4) is 0 Å². The summed E-state index contributed by atoms with van der Waals surface area (Å²) < 4.78 is 2.37. The Hall–Kier alpha value is -0.990. The first-order chi connectivity index (χ1) is 8.04. The fraction of sp³-hybridized carbons (Fsp3) is 0.429. The molecule has 0 aliphatic heterocycles. The maximum absolute atomic E-state index is 6.05. The minimum Gasteiger partial charge on any atom is -0.341 e. The summed E-state index contributed by atoms with van der Waals surface area (Å²) in [5, 5.41) is 5.30. The van der Waals surface area contributed by atoms with Gasteiger partial charge in [-0.3, -0.25) is 0 Å². The van der Waals surface area contributed by atoms with Crippen molar-refractivity contribution < 1.29 is 0 Å². The number of halogens is 1. The molecule has 0 saturated carbocycles. The van der Waals surface area contributed by atoms with Crippen LogP contribution in [-0.2, 0) is 0 Å². The fourth-order valence-electron chi connectivity index (χ4n) is 2.29. The second-order valence-corrected chi connectivity index (χ2v) is 5.18. The highest BCUT2D eigenvalue weighted by Crippen LogP contribution is 2.29. The van der Waals surface area contributed by atoms with E-state index in [2.05, 4.69) is 42.8 Å². The van der Waals surface area contributed by atoms with Crippen LogP contribution in [0.2, 0.25) is 5.02 Å². The third kappa shape index (κ3) is 2.20. The molecule has 0 aliphatic carbocycles. The summed E-state index contributed by atoms with van der Waals surface area (Å²) in [5.41, 5.74) is 2.56. The number of benzene rings is 1. The van der Waals surface area contributed by atoms with E-state index in [9.17, 15) is 0 Å². The summed E-state index contributed by atoms with van der Waals surface area (Å²) in [6.07, 6.45) is 0. The normalized spacial score (nSPS) is 13.5. The minimum atomic E-state index is 0.337. The van der Waals surface area contributed by atoms with E-state index >= 15 is 0 Å². The summed E-state index contributed by atoms with van der Waals surface area (Å²) in [6, 6.07) is 9.09. The van der Waals surface area contributed by atoms with Crippen molar-refractivity contribution in [2.45, 2.75) is 32.9 Å². The van der Waals surface area contributed by atoms with Crippen molar-refractivity contribution in [3.63, 3.8) is 0 Å². The molecule has 0 bridgehead atoms. The molecule has 1 N–H and O–H groups in total. The molecule has 0 saturated heterocycles. The van der Waals surface area contributed by atoms with E-state index in [1.165, 1.54) is 16.6 Å². The molecule has 1 aromatic heterocycles. The lowest BCUT2D eigenvalue weighted by Gasteiger charge is -2.18. The van der Waals surface area contributed by atoms with E-state index in [1.54, 1.807) is 0 Å². The molecule has 0 fully saturated rings. The third-order valence-electron chi connectivity index (χ3n) is 3.22. The van der Waals surface area contributed by atoms with E-state index < -0.39 is 0 Å². The number of nitrogens with one attached hydrogen (secondary N) is 1. The van der Waals surface area contributed by atoms with Crippen LogP contribution in [0.1, 0.15) is 38.5 Å². The van der Waals surface area contributed by atoms with Crippen molar-refractivity contribution in [2.75, 3.05) is 7.05 Å². The maximum Gasteiger partial charge on any atom is 0.0486 e. The van der Waals surface area contributed by atoms with Crippen LogP contribution in [0.5, 0.6) is 0 Å². The number of fused-ring (bicyclic) bond motifs is 1. The highest BCUT2D eigenvalue weighted by Gasteiger charge is 2.15. The van der Waals surface area contributed by atoms with Gasteiger partial charge >= 0.3 is 0 Å². The Bertz CT molecular complexity index is 528. The van der Waals surface area contributed by atoms with Gasteiger partial charge in [0.15, 0.2) is 0 Å². The van der Waals surface area contributed by atoms with Crippen LogP contribution in [0.15, 0.2) is 24.3 Å². The molecule has 1 aromatic carbocycles. The third-order valence-corrected chi connectivity index (χ3v) is 3.46. The Morgan fingerprint density at radius 2 is 1.88 bits per heavy atom. The zero-order valence-electron chi connectivity index (χ0n) is 10.8. The molecule has 1 atom stereocenters. The monoisotopic (exact) mass is 250 g/mol. The summed E-state index contributed by atoms with van der Waals surface area (Å²) >= 11 is 6.05. The quantitative estimate of drug-likeness (QED) is 0.866. The van der Waals surface area contributed by atoms with Crippen molar-refractivity contribution in [1.29, 1.82) is 0 Å². The SMILES string of the molecule is CNC(C)c1cc2cc(Cl)ccc2n1C(C)C. The predicted molar refractivity (Wildman–Crippen MR) is 74.8 cm³/mol. The number of aromatic nitrogens is 1. The first-order valence-electron chi connectivity index (χ1n) is 6.02. The van der Waals surface area contributed by atoms with E-state index in [1.807, 2.05) is 19.2 Å². The number of nitrogens with zero attached hydrogens (tertiary/aromatic N) is 1.